The quantitative estimate of drug-likeness (QED) is 0.608. The molecule has 12 heavy (non-hydrogen) atoms. The van der Waals surface area contributed by atoms with Crippen LogP contribution in [0, 0.1) is 0 Å². The largest absolute Gasteiger partial charge is 0.386 e. The number of halogens is 2. The van der Waals surface area contributed by atoms with E-state index in [1.807, 2.05) is 0 Å². The predicted octanol–water partition coefficient (Wildman–Crippen LogP) is 2.50. The Bertz CT molecular complexity index is 201. The Morgan fingerprint density at radius 1 is 1.58 bits per heavy atom. The molecule has 0 aromatic carbocycles. The van der Waals surface area contributed by atoms with Gasteiger partial charge in [0.25, 0.3) is 5.92 Å². The third-order valence-corrected chi connectivity index (χ3v) is 2.18. The lowest BCUT2D eigenvalue weighted by molar-refractivity contribution is 0.0398. The number of hydrogen-bond donors (Lipinski definition) is 1. The zero-order valence-corrected chi connectivity index (χ0v) is 7.40. The Morgan fingerprint density at radius 2 is 2.17 bits per heavy atom. The van der Waals surface area contributed by atoms with Gasteiger partial charge in [-0.1, -0.05) is 0 Å². The van der Waals surface area contributed by atoms with E-state index >= 15 is 0 Å². The molecule has 1 unspecified atom stereocenters. The van der Waals surface area contributed by atoms with Gasteiger partial charge in [0.15, 0.2) is 0 Å². The van der Waals surface area contributed by atoms with E-state index in [2.05, 4.69) is 0 Å². The summed E-state index contributed by atoms with van der Waals surface area (Å²) < 4.78 is 25.5. The SMILES string of the molecule is CC1(O)C=C(C(C)(F)F)CCC1. The highest BCUT2D eigenvalue weighted by Gasteiger charge is 2.33. The van der Waals surface area contributed by atoms with Crippen molar-refractivity contribution in [3.63, 3.8) is 0 Å². The van der Waals surface area contributed by atoms with Gasteiger partial charge in [-0.15, -0.1) is 0 Å². The smallest absolute Gasteiger partial charge is 0.266 e. The van der Waals surface area contributed by atoms with E-state index in [-0.39, 0.29) is 5.57 Å². The van der Waals surface area contributed by atoms with Crippen LogP contribution < -0.4 is 0 Å². The van der Waals surface area contributed by atoms with Crippen molar-refractivity contribution in [1.29, 1.82) is 0 Å². The summed E-state index contributed by atoms with van der Waals surface area (Å²) >= 11 is 0. The molecule has 0 fully saturated rings. The summed E-state index contributed by atoms with van der Waals surface area (Å²) in [6, 6.07) is 0. The highest BCUT2D eigenvalue weighted by atomic mass is 19.3. The normalized spacial score (nSPS) is 31.6. The molecule has 1 atom stereocenters. The number of rotatable bonds is 1. The van der Waals surface area contributed by atoms with Crippen LogP contribution in [0.1, 0.15) is 33.1 Å². The maximum atomic E-state index is 12.8. The standard InChI is InChI=1S/C9H14F2O/c1-8(12)5-3-4-7(6-8)9(2,10)11/h6,12H,3-5H2,1-2H3. The van der Waals surface area contributed by atoms with Crippen LogP contribution >= 0.6 is 0 Å². The molecular weight excluding hydrogens is 162 g/mol. The van der Waals surface area contributed by atoms with Crippen LogP contribution in [0.4, 0.5) is 8.78 Å². The van der Waals surface area contributed by atoms with Crippen LogP contribution in [-0.4, -0.2) is 16.6 Å². The Labute approximate surface area is 71.1 Å². The monoisotopic (exact) mass is 176 g/mol. The van der Waals surface area contributed by atoms with Crippen LogP contribution in [0.25, 0.3) is 0 Å². The maximum absolute atomic E-state index is 12.8. The van der Waals surface area contributed by atoms with Gasteiger partial charge >= 0.3 is 0 Å². The van der Waals surface area contributed by atoms with Crippen molar-refractivity contribution in [2.45, 2.75) is 44.6 Å². The fourth-order valence-corrected chi connectivity index (χ4v) is 1.50. The van der Waals surface area contributed by atoms with E-state index in [1.165, 1.54) is 6.08 Å². The Morgan fingerprint density at radius 3 is 2.50 bits per heavy atom. The molecule has 0 radical (unpaired) electrons. The minimum absolute atomic E-state index is 0.0683. The molecule has 0 heterocycles. The van der Waals surface area contributed by atoms with Gasteiger partial charge in [-0.2, -0.15) is 0 Å². The third kappa shape index (κ3) is 2.27. The lowest BCUT2D eigenvalue weighted by Gasteiger charge is -2.28. The van der Waals surface area contributed by atoms with Crippen LogP contribution in [-0.2, 0) is 0 Å². The third-order valence-electron chi connectivity index (χ3n) is 2.18. The first-order chi connectivity index (χ1) is 5.31. The molecule has 1 aliphatic carbocycles. The molecule has 70 valence electrons. The van der Waals surface area contributed by atoms with Crippen LogP contribution in [0.3, 0.4) is 0 Å². The number of alkyl halides is 2. The highest BCUT2D eigenvalue weighted by molar-refractivity contribution is 5.19. The first-order valence-electron chi connectivity index (χ1n) is 4.14. The maximum Gasteiger partial charge on any atom is 0.266 e. The second kappa shape index (κ2) is 2.80. The average Bonchev–Trinajstić information content (AvgIpc) is 1.83. The molecule has 0 amide bonds. The second-order valence-corrected chi connectivity index (χ2v) is 3.77. The van der Waals surface area contributed by atoms with Gasteiger partial charge in [0.2, 0.25) is 0 Å². The lowest BCUT2D eigenvalue weighted by Crippen LogP contribution is -2.28. The molecule has 1 N–H and O–H groups in total. The molecule has 0 saturated heterocycles. The molecule has 0 bridgehead atoms. The van der Waals surface area contributed by atoms with Crippen molar-refractivity contribution < 1.29 is 13.9 Å². The van der Waals surface area contributed by atoms with Crippen molar-refractivity contribution in [3.05, 3.63) is 11.6 Å². The number of hydrogen-bond acceptors (Lipinski definition) is 1. The summed E-state index contributed by atoms with van der Waals surface area (Å²) in [5, 5.41) is 9.50. The van der Waals surface area contributed by atoms with Gasteiger partial charge in [0.1, 0.15) is 0 Å². The van der Waals surface area contributed by atoms with E-state index in [4.69, 9.17) is 0 Å². The lowest BCUT2D eigenvalue weighted by atomic mass is 9.86. The van der Waals surface area contributed by atoms with Gasteiger partial charge in [0, 0.05) is 6.92 Å². The Hall–Kier alpha value is -0.440. The molecule has 0 aliphatic heterocycles. The molecule has 0 aromatic heterocycles. The second-order valence-electron chi connectivity index (χ2n) is 3.77. The summed E-state index contributed by atoms with van der Waals surface area (Å²) in [4.78, 5) is 0. The van der Waals surface area contributed by atoms with E-state index in [0.717, 1.165) is 6.92 Å². The zero-order valence-electron chi connectivity index (χ0n) is 7.40. The fourth-order valence-electron chi connectivity index (χ4n) is 1.50. The van der Waals surface area contributed by atoms with Gasteiger partial charge in [0.05, 0.1) is 5.60 Å². The van der Waals surface area contributed by atoms with Gasteiger partial charge in [-0.05, 0) is 37.8 Å². The molecule has 0 spiro atoms. The highest BCUT2D eigenvalue weighted by Crippen LogP contribution is 2.34. The van der Waals surface area contributed by atoms with Crippen molar-refractivity contribution in [3.8, 4) is 0 Å². The summed E-state index contributed by atoms with van der Waals surface area (Å²) in [7, 11) is 0. The molecule has 1 aliphatic rings. The van der Waals surface area contributed by atoms with E-state index < -0.39 is 11.5 Å². The average molecular weight is 176 g/mol. The first kappa shape index (κ1) is 9.65. The molecule has 3 heteroatoms. The Kier molecular flexibility index (Phi) is 2.25. The molecular formula is C9H14F2O. The minimum Gasteiger partial charge on any atom is -0.386 e. The van der Waals surface area contributed by atoms with Gasteiger partial charge < -0.3 is 5.11 Å². The number of allylic oxidation sites excluding steroid dienone is 1. The summed E-state index contributed by atoms with van der Waals surface area (Å²) in [5.74, 6) is -2.77. The first-order valence-corrected chi connectivity index (χ1v) is 4.14. The van der Waals surface area contributed by atoms with Gasteiger partial charge in [-0.3, -0.25) is 0 Å². The predicted molar refractivity (Wildman–Crippen MR) is 43.2 cm³/mol. The van der Waals surface area contributed by atoms with E-state index in [1.54, 1.807) is 6.92 Å². The van der Waals surface area contributed by atoms with E-state index in [0.29, 0.717) is 19.3 Å². The fraction of sp³-hybridized carbons (Fsp3) is 0.778. The number of aliphatic hydroxyl groups is 1. The molecule has 0 saturated carbocycles. The Balaban J connectivity index is 2.85. The summed E-state index contributed by atoms with van der Waals surface area (Å²) in [6.07, 6.45) is 2.92. The summed E-state index contributed by atoms with van der Waals surface area (Å²) in [6.45, 7) is 2.44. The van der Waals surface area contributed by atoms with Crippen LogP contribution in [0.15, 0.2) is 11.6 Å². The minimum atomic E-state index is -2.77. The van der Waals surface area contributed by atoms with Crippen LogP contribution in [0.2, 0.25) is 0 Å². The molecule has 1 nitrogen and oxygen atoms in total. The van der Waals surface area contributed by atoms with Crippen molar-refractivity contribution in [2.24, 2.45) is 0 Å². The van der Waals surface area contributed by atoms with Crippen molar-refractivity contribution in [2.75, 3.05) is 0 Å². The van der Waals surface area contributed by atoms with Crippen molar-refractivity contribution >= 4 is 0 Å². The van der Waals surface area contributed by atoms with Gasteiger partial charge in [-0.25, -0.2) is 8.78 Å². The molecule has 1 rings (SSSR count). The molecule has 0 aromatic rings. The summed E-state index contributed by atoms with van der Waals surface area (Å²) in [5.41, 5.74) is -0.966. The van der Waals surface area contributed by atoms with Crippen LogP contribution in [0.5, 0.6) is 0 Å². The van der Waals surface area contributed by atoms with Crippen molar-refractivity contribution in [1.82, 2.24) is 0 Å². The van der Waals surface area contributed by atoms with E-state index in [9.17, 15) is 13.9 Å². The zero-order chi connectivity index (χ0) is 9.41. The topological polar surface area (TPSA) is 20.2 Å².